The van der Waals surface area contributed by atoms with E-state index in [1.54, 1.807) is 0 Å². The van der Waals surface area contributed by atoms with Crippen molar-refractivity contribution in [2.45, 2.75) is 64.0 Å². The largest absolute Gasteiger partial charge is 1.00 e. The maximum atomic E-state index is 11.9. The lowest BCUT2D eigenvalue weighted by atomic mass is 9.89. The Morgan fingerprint density at radius 3 is 2.56 bits per heavy atom. The molecule has 2 rings (SSSR count). The first kappa shape index (κ1) is 21.9. The lowest BCUT2D eigenvalue weighted by Crippen LogP contribution is -3.00. The van der Waals surface area contributed by atoms with Gasteiger partial charge in [0.05, 0.1) is 19.1 Å². The maximum Gasteiger partial charge on any atom is 0.308 e. The molecular weight excluding hydrogens is 338 g/mol. The molecular formula is C20H32ClNO3. The second-order valence-corrected chi connectivity index (χ2v) is 6.95. The summed E-state index contributed by atoms with van der Waals surface area (Å²) in [5.41, 5.74) is 0.961. The Morgan fingerprint density at radius 1 is 1.20 bits per heavy atom. The molecule has 1 aromatic rings. The number of carbonyl (C=O) groups excluding carboxylic acids is 1. The number of aliphatic hydroxyl groups is 1. The van der Waals surface area contributed by atoms with Gasteiger partial charge in [-0.2, -0.15) is 0 Å². The van der Waals surface area contributed by atoms with E-state index >= 15 is 0 Å². The molecule has 1 fully saturated rings. The summed E-state index contributed by atoms with van der Waals surface area (Å²) in [4.78, 5) is 11.9. The summed E-state index contributed by atoms with van der Waals surface area (Å²) in [6, 6.07) is 9.90. The number of halogens is 1. The van der Waals surface area contributed by atoms with Gasteiger partial charge in [-0.25, -0.2) is 0 Å². The van der Waals surface area contributed by atoms with Gasteiger partial charge in [0.25, 0.3) is 0 Å². The number of aliphatic hydroxyl groups excluding tert-OH is 1. The standard InChI is InChI=1S/C20H31NO3.ClH/c1-16(19(22)17-10-4-2-5-11-17)21-14-8-9-15-24-20(23)18-12-6-3-7-13-18;/h2,4-5,10-11,16,18-19,21-22H,3,6-9,12-15H2,1H3;1H. The van der Waals surface area contributed by atoms with Crippen molar-refractivity contribution in [1.29, 1.82) is 0 Å². The van der Waals surface area contributed by atoms with E-state index in [0.29, 0.717) is 6.61 Å². The van der Waals surface area contributed by atoms with E-state index in [1.165, 1.54) is 6.42 Å². The number of unbranched alkanes of at least 4 members (excludes halogenated alkanes) is 1. The van der Waals surface area contributed by atoms with E-state index in [2.05, 4.69) is 5.32 Å². The highest BCUT2D eigenvalue weighted by atomic mass is 35.5. The molecule has 2 atom stereocenters. The third-order valence-corrected chi connectivity index (χ3v) is 4.96. The molecule has 1 aromatic carbocycles. The van der Waals surface area contributed by atoms with Crippen LogP contribution in [-0.4, -0.2) is 30.3 Å². The molecule has 0 aliphatic heterocycles. The van der Waals surface area contributed by atoms with Crippen LogP contribution in [0.5, 0.6) is 0 Å². The van der Waals surface area contributed by atoms with Crippen LogP contribution in [0.2, 0.25) is 0 Å². The minimum atomic E-state index is -0.449. The number of esters is 1. The SMILES string of the molecule is CC([NH2+]CCCCOC(=O)C1CCCCC1)C(O)c1ccccc1.[Cl-]. The van der Waals surface area contributed by atoms with Gasteiger partial charge in [0.2, 0.25) is 0 Å². The van der Waals surface area contributed by atoms with Crippen molar-refractivity contribution < 1.29 is 32.4 Å². The van der Waals surface area contributed by atoms with E-state index in [-0.39, 0.29) is 30.3 Å². The zero-order chi connectivity index (χ0) is 17.2. The normalized spacial score (nSPS) is 17.4. The Kier molecular flexibility index (Phi) is 10.8. The predicted octanol–water partition coefficient (Wildman–Crippen LogP) is -0.420. The molecule has 4 nitrogen and oxygen atoms in total. The van der Waals surface area contributed by atoms with Crippen molar-refractivity contribution in [3.63, 3.8) is 0 Å². The summed E-state index contributed by atoms with van der Waals surface area (Å²) in [7, 11) is 0. The van der Waals surface area contributed by atoms with Crippen LogP contribution in [0.15, 0.2) is 30.3 Å². The fourth-order valence-corrected chi connectivity index (χ4v) is 3.34. The molecule has 0 heterocycles. The second-order valence-electron chi connectivity index (χ2n) is 6.95. The van der Waals surface area contributed by atoms with Crippen LogP contribution in [0.1, 0.15) is 63.5 Å². The van der Waals surface area contributed by atoms with Crippen molar-refractivity contribution in [2.24, 2.45) is 5.92 Å². The molecule has 1 saturated carbocycles. The van der Waals surface area contributed by atoms with Gasteiger partial charge in [-0.05, 0) is 38.2 Å². The number of nitrogens with two attached hydrogens (primary N) is 1. The Balaban J connectivity index is 0.00000312. The lowest BCUT2D eigenvalue weighted by molar-refractivity contribution is -0.694. The fraction of sp³-hybridized carbons (Fsp3) is 0.650. The highest BCUT2D eigenvalue weighted by molar-refractivity contribution is 5.72. The molecule has 3 N–H and O–H groups in total. The van der Waals surface area contributed by atoms with Crippen LogP contribution in [0.4, 0.5) is 0 Å². The van der Waals surface area contributed by atoms with E-state index < -0.39 is 6.10 Å². The monoisotopic (exact) mass is 369 g/mol. The van der Waals surface area contributed by atoms with Crippen LogP contribution in [0.3, 0.4) is 0 Å². The number of ether oxygens (including phenoxy) is 1. The van der Waals surface area contributed by atoms with Crippen LogP contribution in [0.25, 0.3) is 0 Å². The third-order valence-electron chi connectivity index (χ3n) is 4.96. The van der Waals surface area contributed by atoms with Gasteiger partial charge < -0.3 is 27.6 Å². The van der Waals surface area contributed by atoms with Crippen LogP contribution in [0, 0.1) is 5.92 Å². The number of quaternary nitrogens is 1. The van der Waals surface area contributed by atoms with Crippen molar-refractivity contribution in [1.82, 2.24) is 0 Å². The number of hydrogen-bond donors (Lipinski definition) is 2. The summed E-state index contributed by atoms with van der Waals surface area (Å²) in [6.45, 7) is 3.51. The quantitative estimate of drug-likeness (QED) is 0.459. The van der Waals surface area contributed by atoms with Crippen molar-refractivity contribution in [2.75, 3.05) is 13.2 Å². The minimum Gasteiger partial charge on any atom is -1.00 e. The summed E-state index contributed by atoms with van der Waals surface area (Å²) in [6.07, 6.45) is 7.02. The zero-order valence-electron chi connectivity index (χ0n) is 15.2. The zero-order valence-corrected chi connectivity index (χ0v) is 16.0. The summed E-state index contributed by atoms with van der Waals surface area (Å²) >= 11 is 0. The van der Waals surface area contributed by atoms with E-state index in [4.69, 9.17) is 4.74 Å². The molecule has 0 amide bonds. The molecule has 25 heavy (non-hydrogen) atoms. The Bertz CT molecular complexity index is 477. The molecule has 142 valence electrons. The average molecular weight is 370 g/mol. The molecule has 5 heteroatoms. The third kappa shape index (κ3) is 7.76. The highest BCUT2D eigenvalue weighted by Crippen LogP contribution is 2.24. The first-order valence-electron chi connectivity index (χ1n) is 9.41. The average Bonchev–Trinajstić information content (AvgIpc) is 2.65. The van der Waals surface area contributed by atoms with Gasteiger partial charge in [-0.3, -0.25) is 4.79 Å². The minimum absolute atomic E-state index is 0. The maximum absolute atomic E-state index is 11.9. The first-order chi connectivity index (χ1) is 11.7. The smallest absolute Gasteiger partial charge is 0.308 e. The van der Waals surface area contributed by atoms with Crippen LogP contribution < -0.4 is 17.7 Å². The van der Waals surface area contributed by atoms with Crippen molar-refractivity contribution in [3.8, 4) is 0 Å². The Hall–Kier alpha value is -1.10. The predicted molar refractivity (Wildman–Crippen MR) is 94.4 cm³/mol. The molecule has 1 aliphatic carbocycles. The van der Waals surface area contributed by atoms with E-state index in [1.807, 2.05) is 37.3 Å². The number of hydrogen-bond acceptors (Lipinski definition) is 3. The molecule has 0 saturated heterocycles. The fourth-order valence-electron chi connectivity index (χ4n) is 3.34. The van der Waals surface area contributed by atoms with Gasteiger partial charge in [0.1, 0.15) is 12.1 Å². The van der Waals surface area contributed by atoms with Gasteiger partial charge >= 0.3 is 5.97 Å². The van der Waals surface area contributed by atoms with Crippen molar-refractivity contribution in [3.05, 3.63) is 35.9 Å². The topological polar surface area (TPSA) is 63.1 Å². The Labute approximate surface area is 157 Å². The second kappa shape index (κ2) is 12.3. The van der Waals surface area contributed by atoms with E-state index in [0.717, 1.165) is 50.6 Å². The molecule has 1 aliphatic rings. The first-order valence-corrected chi connectivity index (χ1v) is 9.41. The molecule has 0 aromatic heterocycles. The van der Waals surface area contributed by atoms with Crippen LogP contribution >= 0.6 is 0 Å². The van der Waals surface area contributed by atoms with Gasteiger partial charge in [0, 0.05) is 0 Å². The Morgan fingerprint density at radius 2 is 1.88 bits per heavy atom. The number of rotatable bonds is 9. The number of benzene rings is 1. The molecule has 0 spiro atoms. The summed E-state index contributed by atoms with van der Waals surface area (Å²) in [5, 5.41) is 12.5. The van der Waals surface area contributed by atoms with Crippen LogP contribution in [-0.2, 0) is 9.53 Å². The number of carbonyl (C=O) groups is 1. The lowest BCUT2D eigenvalue weighted by Gasteiger charge is -2.20. The summed E-state index contributed by atoms with van der Waals surface area (Å²) in [5.74, 6) is 0.151. The van der Waals surface area contributed by atoms with Crippen molar-refractivity contribution >= 4 is 5.97 Å². The molecule has 0 bridgehead atoms. The van der Waals surface area contributed by atoms with Gasteiger partial charge in [0.15, 0.2) is 0 Å². The van der Waals surface area contributed by atoms with Gasteiger partial charge in [-0.15, -0.1) is 0 Å². The summed E-state index contributed by atoms with van der Waals surface area (Å²) < 4.78 is 5.40. The molecule has 2 unspecified atom stereocenters. The molecule has 0 radical (unpaired) electrons. The van der Waals surface area contributed by atoms with Gasteiger partial charge in [-0.1, -0.05) is 49.6 Å². The van der Waals surface area contributed by atoms with E-state index in [9.17, 15) is 9.90 Å². The highest BCUT2D eigenvalue weighted by Gasteiger charge is 2.22.